The topological polar surface area (TPSA) is 44.8 Å². The van der Waals surface area contributed by atoms with Gasteiger partial charge in [-0.3, -0.25) is 0 Å². The number of carbonyl (C=O) groups excluding carboxylic acids is 1. The molecule has 2 saturated heterocycles. The number of hydrogen-bond donors (Lipinski definition) is 1. The molecule has 0 aliphatic carbocycles. The molecule has 2 fully saturated rings. The molecule has 5 nitrogen and oxygen atoms in total. The van der Waals surface area contributed by atoms with Gasteiger partial charge in [-0.2, -0.15) is 0 Å². The molecule has 2 heterocycles. The van der Waals surface area contributed by atoms with Gasteiger partial charge >= 0.3 is 6.03 Å². The first-order valence-electron chi connectivity index (χ1n) is 8.37. The average molecular weight is 321 g/mol. The van der Waals surface area contributed by atoms with Gasteiger partial charge in [0, 0.05) is 38.8 Å². The zero-order chi connectivity index (χ0) is 16.1. The van der Waals surface area contributed by atoms with Gasteiger partial charge in [0.15, 0.2) is 0 Å². The maximum Gasteiger partial charge on any atom is 0.317 e. The fourth-order valence-corrected chi connectivity index (χ4v) is 3.30. The number of amides is 2. The molecule has 0 radical (unpaired) electrons. The molecule has 1 aromatic rings. The first kappa shape index (κ1) is 16.1. The second-order valence-electron chi connectivity index (χ2n) is 6.15. The van der Waals surface area contributed by atoms with Crippen LogP contribution in [-0.2, 0) is 0 Å². The Labute approximate surface area is 136 Å². The van der Waals surface area contributed by atoms with Crippen LogP contribution in [0, 0.1) is 5.82 Å². The van der Waals surface area contributed by atoms with E-state index in [2.05, 4.69) is 10.2 Å². The van der Waals surface area contributed by atoms with Gasteiger partial charge in [-0.15, -0.1) is 0 Å². The number of benzene rings is 1. The second-order valence-corrected chi connectivity index (χ2v) is 6.15. The zero-order valence-corrected chi connectivity index (χ0v) is 13.3. The lowest BCUT2D eigenvalue weighted by Crippen LogP contribution is -2.46. The lowest BCUT2D eigenvalue weighted by atomic mass is 10.0. The van der Waals surface area contributed by atoms with E-state index in [0.717, 1.165) is 52.0 Å². The predicted molar refractivity (Wildman–Crippen MR) is 86.1 cm³/mol. The summed E-state index contributed by atoms with van der Waals surface area (Å²) in [7, 11) is 0. The molecule has 6 heteroatoms. The van der Waals surface area contributed by atoms with Gasteiger partial charge in [-0.25, -0.2) is 9.18 Å². The predicted octanol–water partition coefficient (Wildman–Crippen LogP) is 2.08. The molecule has 0 unspecified atom stereocenters. The highest BCUT2D eigenvalue weighted by molar-refractivity contribution is 5.76. The van der Waals surface area contributed by atoms with Crippen LogP contribution in [0.2, 0.25) is 0 Å². The Morgan fingerprint density at radius 2 is 1.91 bits per heavy atom. The fourth-order valence-electron chi connectivity index (χ4n) is 3.30. The Morgan fingerprint density at radius 3 is 2.57 bits per heavy atom. The van der Waals surface area contributed by atoms with Crippen LogP contribution in [0.4, 0.5) is 9.18 Å². The van der Waals surface area contributed by atoms with Crippen LogP contribution in [0.5, 0.6) is 5.75 Å². The quantitative estimate of drug-likeness (QED) is 0.816. The van der Waals surface area contributed by atoms with Crippen LogP contribution in [0.25, 0.3) is 0 Å². The Bertz CT molecular complexity index is 515. The Hall–Kier alpha value is -1.82. The van der Waals surface area contributed by atoms with Crippen LogP contribution < -0.4 is 10.1 Å². The van der Waals surface area contributed by atoms with Crippen molar-refractivity contribution in [2.45, 2.75) is 25.3 Å². The first-order valence-corrected chi connectivity index (χ1v) is 8.37. The van der Waals surface area contributed by atoms with Gasteiger partial charge in [-0.05, 0) is 43.5 Å². The summed E-state index contributed by atoms with van der Waals surface area (Å²) in [5.74, 6) is 0.469. The highest BCUT2D eigenvalue weighted by Gasteiger charge is 2.30. The van der Waals surface area contributed by atoms with E-state index < -0.39 is 0 Å². The third-order valence-corrected chi connectivity index (χ3v) is 4.59. The molecule has 3 rings (SSSR count). The molecule has 2 aliphatic heterocycles. The molecule has 2 aliphatic rings. The number of nitrogens with zero attached hydrogens (tertiary/aromatic N) is 2. The number of likely N-dealkylation sites (tertiary alicyclic amines) is 1. The fraction of sp³-hybridized carbons (Fsp3) is 0.588. The minimum absolute atomic E-state index is 0.0937. The van der Waals surface area contributed by atoms with Crippen LogP contribution in [-0.4, -0.2) is 61.2 Å². The smallest absolute Gasteiger partial charge is 0.317 e. The third-order valence-electron chi connectivity index (χ3n) is 4.59. The van der Waals surface area contributed by atoms with E-state index >= 15 is 0 Å². The maximum atomic E-state index is 12.8. The molecule has 0 bridgehead atoms. The lowest BCUT2D eigenvalue weighted by Gasteiger charge is -2.36. The number of piperidine rings is 1. The normalized spacial score (nSPS) is 19.9. The van der Waals surface area contributed by atoms with Crippen molar-refractivity contribution in [3.8, 4) is 5.75 Å². The summed E-state index contributed by atoms with van der Waals surface area (Å²) < 4.78 is 18.4. The summed E-state index contributed by atoms with van der Waals surface area (Å²) in [6.07, 6.45) is 3.05. The third kappa shape index (κ3) is 4.34. The van der Waals surface area contributed by atoms with Crippen LogP contribution in [0.1, 0.15) is 19.3 Å². The maximum absolute atomic E-state index is 12.8. The van der Waals surface area contributed by atoms with Gasteiger partial charge in [0.25, 0.3) is 0 Å². The number of nitrogens with one attached hydrogen (secondary N) is 1. The summed E-state index contributed by atoms with van der Waals surface area (Å²) >= 11 is 0. The number of hydrogen-bond acceptors (Lipinski definition) is 3. The van der Waals surface area contributed by atoms with Gasteiger partial charge in [0.2, 0.25) is 0 Å². The highest BCUT2D eigenvalue weighted by Crippen LogP contribution is 2.18. The summed E-state index contributed by atoms with van der Waals surface area (Å²) in [5.41, 5.74) is 0. The van der Waals surface area contributed by atoms with E-state index in [-0.39, 0.29) is 11.8 Å². The van der Waals surface area contributed by atoms with E-state index in [4.69, 9.17) is 4.74 Å². The molecule has 2 amide bonds. The average Bonchev–Trinajstić information content (AvgIpc) is 3.00. The van der Waals surface area contributed by atoms with E-state index in [1.807, 2.05) is 4.90 Å². The monoisotopic (exact) mass is 321 g/mol. The number of urea groups is 1. The molecular weight excluding hydrogens is 297 g/mol. The Kier molecular flexibility index (Phi) is 5.33. The van der Waals surface area contributed by atoms with Crippen LogP contribution in [0.3, 0.4) is 0 Å². The minimum Gasteiger partial charge on any atom is -0.494 e. The summed E-state index contributed by atoms with van der Waals surface area (Å²) in [6.45, 7) is 5.32. The Morgan fingerprint density at radius 1 is 1.17 bits per heavy atom. The van der Waals surface area contributed by atoms with Gasteiger partial charge in [0.1, 0.15) is 11.6 Å². The van der Waals surface area contributed by atoms with Crippen molar-refractivity contribution >= 4 is 6.03 Å². The number of halogens is 1. The molecule has 0 spiro atoms. The van der Waals surface area contributed by atoms with Crippen molar-refractivity contribution in [1.82, 2.24) is 15.1 Å². The van der Waals surface area contributed by atoms with Crippen molar-refractivity contribution < 1.29 is 13.9 Å². The summed E-state index contributed by atoms with van der Waals surface area (Å²) in [5, 5.41) is 2.87. The Balaban J connectivity index is 1.31. The van der Waals surface area contributed by atoms with Gasteiger partial charge < -0.3 is 19.9 Å². The molecule has 23 heavy (non-hydrogen) atoms. The molecular formula is C17H24FN3O2. The molecule has 1 N–H and O–H groups in total. The zero-order valence-electron chi connectivity index (χ0n) is 13.3. The molecule has 0 saturated carbocycles. The van der Waals surface area contributed by atoms with E-state index in [1.165, 1.54) is 12.1 Å². The van der Waals surface area contributed by atoms with Crippen LogP contribution in [0.15, 0.2) is 24.3 Å². The molecule has 1 aromatic carbocycles. The first-order chi connectivity index (χ1) is 11.2. The van der Waals surface area contributed by atoms with Crippen molar-refractivity contribution in [2.24, 2.45) is 0 Å². The van der Waals surface area contributed by atoms with Crippen molar-refractivity contribution in [3.05, 3.63) is 30.1 Å². The highest BCUT2D eigenvalue weighted by atomic mass is 19.1. The second kappa shape index (κ2) is 7.64. The van der Waals surface area contributed by atoms with Crippen molar-refractivity contribution in [2.75, 3.05) is 39.3 Å². The number of carbonyl (C=O) groups is 1. The SMILES string of the molecule is O=C1NCCN1C1CCN(CCCOc2ccc(F)cc2)CC1. The van der Waals surface area contributed by atoms with Crippen molar-refractivity contribution in [1.29, 1.82) is 0 Å². The van der Waals surface area contributed by atoms with Gasteiger partial charge in [-0.1, -0.05) is 0 Å². The largest absolute Gasteiger partial charge is 0.494 e. The lowest BCUT2D eigenvalue weighted by molar-refractivity contribution is 0.131. The standard InChI is InChI=1S/C17H24FN3O2/c18-14-2-4-16(5-3-14)23-13-1-9-20-10-6-15(7-11-20)21-12-8-19-17(21)22/h2-5,15H,1,6-13H2,(H,19,22). The molecule has 0 aromatic heterocycles. The summed E-state index contributed by atoms with van der Waals surface area (Å²) in [4.78, 5) is 16.1. The molecule has 126 valence electrons. The van der Waals surface area contributed by atoms with E-state index in [1.54, 1.807) is 12.1 Å². The number of ether oxygens (including phenoxy) is 1. The van der Waals surface area contributed by atoms with Crippen LogP contribution >= 0.6 is 0 Å². The minimum atomic E-state index is -0.244. The van der Waals surface area contributed by atoms with Crippen molar-refractivity contribution in [3.63, 3.8) is 0 Å². The number of rotatable bonds is 6. The van der Waals surface area contributed by atoms with Gasteiger partial charge in [0.05, 0.1) is 6.61 Å². The molecule has 0 atom stereocenters. The van der Waals surface area contributed by atoms with E-state index in [0.29, 0.717) is 18.4 Å². The summed E-state index contributed by atoms with van der Waals surface area (Å²) in [6, 6.07) is 6.62. The van der Waals surface area contributed by atoms with E-state index in [9.17, 15) is 9.18 Å².